The second kappa shape index (κ2) is 5.23. The van der Waals surface area contributed by atoms with Crippen LogP contribution in [0.2, 0.25) is 0 Å². The molecule has 14 heavy (non-hydrogen) atoms. The molecule has 0 aliphatic carbocycles. The lowest BCUT2D eigenvalue weighted by Gasteiger charge is -2.24. The van der Waals surface area contributed by atoms with Crippen molar-refractivity contribution in [1.29, 1.82) is 0 Å². The smallest absolute Gasteiger partial charge is 0.319 e. The second-order valence-electron chi connectivity index (χ2n) is 4.58. The first kappa shape index (κ1) is 11.3. The van der Waals surface area contributed by atoms with E-state index >= 15 is 0 Å². The van der Waals surface area contributed by atoms with Gasteiger partial charge in [0.05, 0.1) is 0 Å². The average Bonchev–Trinajstić information content (AvgIpc) is 2.65. The van der Waals surface area contributed by atoms with Crippen LogP contribution in [0.4, 0.5) is 4.79 Å². The summed E-state index contributed by atoms with van der Waals surface area (Å²) < 4.78 is 0. The summed E-state index contributed by atoms with van der Waals surface area (Å²) in [6, 6.07) is 0.211. The largest absolute Gasteiger partial charge is 0.328 e. The fraction of sp³-hybridized carbons (Fsp3) is 0.909. The first-order chi connectivity index (χ1) is 6.61. The van der Waals surface area contributed by atoms with Crippen molar-refractivity contribution in [3.8, 4) is 0 Å². The minimum atomic E-state index is 0.211. The fourth-order valence-electron chi connectivity index (χ4n) is 1.70. The molecule has 3 nitrogen and oxygen atoms in total. The molecule has 82 valence electrons. The summed E-state index contributed by atoms with van der Waals surface area (Å²) in [6.07, 6.45) is 3.43. The van der Waals surface area contributed by atoms with Gasteiger partial charge in [-0.05, 0) is 25.2 Å². The van der Waals surface area contributed by atoms with E-state index in [1.54, 1.807) is 0 Å². The van der Waals surface area contributed by atoms with Crippen LogP contribution in [0.25, 0.3) is 0 Å². The monoisotopic (exact) mass is 198 g/mol. The summed E-state index contributed by atoms with van der Waals surface area (Å²) in [7, 11) is 1.91. The minimum absolute atomic E-state index is 0.211. The van der Waals surface area contributed by atoms with E-state index in [1.165, 1.54) is 12.8 Å². The predicted molar refractivity (Wildman–Crippen MR) is 58.3 cm³/mol. The molecule has 0 unspecified atom stereocenters. The van der Waals surface area contributed by atoms with Crippen LogP contribution in [-0.2, 0) is 0 Å². The van der Waals surface area contributed by atoms with Gasteiger partial charge in [0.15, 0.2) is 0 Å². The topological polar surface area (TPSA) is 23.6 Å². The Balaban J connectivity index is 2.28. The summed E-state index contributed by atoms with van der Waals surface area (Å²) >= 11 is 0. The number of carbonyl (C=O) groups is 1. The zero-order valence-electron chi connectivity index (χ0n) is 9.62. The molecule has 0 spiro atoms. The van der Waals surface area contributed by atoms with Gasteiger partial charge in [0.25, 0.3) is 0 Å². The Kier molecular flexibility index (Phi) is 4.23. The fourth-order valence-corrected chi connectivity index (χ4v) is 1.70. The SMILES string of the molecule is CC(C)CCN(C)C(=O)N1CCCC1. The van der Waals surface area contributed by atoms with Crippen LogP contribution >= 0.6 is 0 Å². The highest BCUT2D eigenvalue weighted by Gasteiger charge is 2.20. The number of amides is 2. The van der Waals surface area contributed by atoms with Gasteiger partial charge in [-0.15, -0.1) is 0 Å². The quantitative estimate of drug-likeness (QED) is 0.682. The Morgan fingerprint density at radius 1 is 1.36 bits per heavy atom. The molecule has 0 atom stereocenters. The van der Waals surface area contributed by atoms with Crippen LogP contribution in [0.5, 0.6) is 0 Å². The predicted octanol–water partition coefficient (Wildman–Crippen LogP) is 2.18. The van der Waals surface area contributed by atoms with E-state index < -0.39 is 0 Å². The first-order valence-electron chi connectivity index (χ1n) is 5.61. The summed E-state index contributed by atoms with van der Waals surface area (Å²) in [4.78, 5) is 15.6. The number of hydrogen-bond acceptors (Lipinski definition) is 1. The van der Waals surface area contributed by atoms with Crippen LogP contribution in [0.15, 0.2) is 0 Å². The van der Waals surface area contributed by atoms with E-state index in [9.17, 15) is 4.79 Å². The van der Waals surface area contributed by atoms with Gasteiger partial charge in [0.2, 0.25) is 0 Å². The molecular formula is C11H22N2O. The van der Waals surface area contributed by atoms with Gasteiger partial charge < -0.3 is 9.80 Å². The van der Waals surface area contributed by atoms with Crippen molar-refractivity contribution in [1.82, 2.24) is 9.80 Å². The third-order valence-electron chi connectivity index (χ3n) is 2.74. The highest BCUT2D eigenvalue weighted by molar-refractivity contribution is 5.74. The summed E-state index contributed by atoms with van der Waals surface area (Å²) in [5, 5.41) is 0. The molecule has 0 bridgehead atoms. The van der Waals surface area contributed by atoms with Gasteiger partial charge >= 0.3 is 6.03 Å². The molecule has 0 saturated carbocycles. The van der Waals surface area contributed by atoms with Crippen molar-refractivity contribution in [2.24, 2.45) is 5.92 Å². The van der Waals surface area contributed by atoms with Gasteiger partial charge in [-0.3, -0.25) is 0 Å². The molecule has 0 N–H and O–H groups in total. The van der Waals surface area contributed by atoms with Crippen LogP contribution in [0.1, 0.15) is 33.1 Å². The van der Waals surface area contributed by atoms with E-state index in [1.807, 2.05) is 16.8 Å². The Hall–Kier alpha value is -0.730. The molecule has 1 fully saturated rings. The highest BCUT2D eigenvalue weighted by atomic mass is 16.2. The van der Waals surface area contributed by atoms with Crippen molar-refractivity contribution in [3.05, 3.63) is 0 Å². The maximum Gasteiger partial charge on any atom is 0.319 e. The van der Waals surface area contributed by atoms with Gasteiger partial charge in [-0.25, -0.2) is 4.79 Å². The van der Waals surface area contributed by atoms with Gasteiger partial charge in [-0.1, -0.05) is 13.8 Å². The Morgan fingerprint density at radius 3 is 2.43 bits per heavy atom. The number of likely N-dealkylation sites (tertiary alicyclic amines) is 1. The van der Waals surface area contributed by atoms with Crippen molar-refractivity contribution >= 4 is 6.03 Å². The molecule has 1 aliphatic heterocycles. The van der Waals surface area contributed by atoms with E-state index in [2.05, 4.69) is 13.8 Å². The first-order valence-corrected chi connectivity index (χ1v) is 5.61. The normalized spacial score (nSPS) is 16.4. The number of carbonyl (C=O) groups excluding carboxylic acids is 1. The van der Waals surface area contributed by atoms with Gasteiger partial charge in [0.1, 0.15) is 0 Å². The van der Waals surface area contributed by atoms with Crippen molar-refractivity contribution in [3.63, 3.8) is 0 Å². The Bertz CT molecular complexity index is 186. The Morgan fingerprint density at radius 2 is 1.93 bits per heavy atom. The van der Waals surface area contributed by atoms with Crippen molar-refractivity contribution < 1.29 is 4.79 Å². The molecule has 2 amide bonds. The number of hydrogen-bond donors (Lipinski definition) is 0. The summed E-state index contributed by atoms with van der Waals surface area (Å²) in [6.45, 7) is 7.16. The molecule has 0 radical (unpaired) electrons. The molecule has 1 heterocycles. The molecule has 0 aromatic carbocycles. The lowest BCUT2D eigenvalue weighted by atomic mass is 10.1. The molecule has 1 saturated heterocycles. The molecule has 3 heteroatoms. The van der Waals surface area contributed by atoms with Crippen LogP contribution < -0.4 is 0 Å². The molecule has 1 rings (SSSR count). The van der Waals surface area contributed by atoms with Gasteiger partial charge in [-0.2, -0.15) is 0 Å². The average molecular weight is 198 g/mol. The highest BCUT2D eigenvalue weighted by Crippen LogP contribution is 2.10. The minimum Gasteiger partial charge on any atom is -0.328 e. The zero-order chi connectivity index (χ0) is 10.6. The van der Waals surface area contributed by atoms with Gasteiger partial charge in [0, 0.05) is 26.7 Å². The molecule has 1 aliphatic rings. The van der Waals surface area contributed by atoms with E-state index in [4.69, 9.17) is 0 Å². The number of rotatable bonds is 3. The van der Waals surface area contributed by atoms with Crippen molar-refractivity contribution in [2.45, 2.75) is 33.1 Å². The second-order valence-corrected chi connectivity index (χ2v) is 4.58. The Labute approximate surface area is 87.1 Å². The third kappa shape index (κ3) is 3.20. The van der Waals surface area contributed by atoms with E-state index in [0.717, 1.165) is 26.1 Å². The number of urea groups is 1. The molecule has 0 aromatic rings. The van der Waals surface area contributed by atoms with E-state index in [0.29, 0.717) is 5.92 Å². The van der Waals surface area contributed by atoms with E-state index in [-0.39, 0.29) is 6.03 Å². The third-order valence-corrected chi connectivity index (χ3v) is 2.74. The summed E-state index contributed by atoms with van der Waals surface area (Å²) in [5.41, 5.74) is 0. The van der Waals surface area contributed by atoms with Crippen LogP contribution in [0.3, 0.4) is 0 Å². The maximum absolute atomic E-state index is 11.8. The van der Waals surface area contributed by atoms with Crippen LogP contribution in [-0.4, -0.2) is 42.5 Å². The lowest BCUT2D eigenvalue weighted by Crippen LogP contribution is -2.40. The lowest BCUT2D eigenvalue weighted by molar-refractivity contribution is 0.171. The number of nitrogens with zero attached hydrogens (tertiary/aromatic N) is 2. The van der Waals surface area contributed by atoms with Crippen molar-refractivity contribution in [2.75, 3.05) is 26.7 Å². The summed E-state index contributed by atoms with van der Waals surface area (Å²) in [5.74, 6) is 0.670. The van der Waals surface area contributed by atoms with Crippen LogP contribution in [0, 0.1) is 5.92 Å². The maximum atomic E-state index is 11.8. The molecule has 0 aromatic heterocycles. The molecular weight excluding hydrogens is 176 g/mol. The zero-order valence-corrected chi connectivity index (χ0v) is 9.62. The standard InChI is InChI=1S/C11H22N2O/c1-10(2)6-9-12(3)11(14)13-7-4-5-8-13/h10H,4-9H2,1-3H3.